The highest BCUT2D eigenvalue weighted by Gasteiger charge is 2.15. The molecule has 2 aromatic carbocycles. The van der Waals surface area contributed by atoms with Crippen LogP contribution < -0.4 is 15.0 Å². The standard InChI is InChI=1S/C22H22FN3O4/c1-25(13-15-29-19-9-7-17(23)8-10-19)22(28)20-11-12-21(27)26(24-20)14-16-30-18-5-3-2-4-6-18/h2-12H,13-16H2,1H3. The van der Waals surface area contributed by atoms with E-state index in [9.17, 15) is 14.0 Å². The topological polar surface area (TPSA) is 73.7 Å². The van der Waals surface area contributed by atoms with E-state index in [1.54, 1.807) is 7.05 Å². The molecular weight excluding hydrogens is 389 g/mol. The van der Waals surface area contributed by atoms with E-state index in [-0.39, 0.29) is 42.7 Å². The van der Waals surface area contributed by atoms with Gasteiger partial charge in [-0.05, 0) is 42.5 Å². The first kappa shape index (κ1) is 21.0. The van der Waals surface area contributed by atoms with Gasteiger partial charge in [0, 0.05) is 13.1 Å². The van der Waals surface area contributed by atoms with Gasteiger partial charge in [0.15, 0.2) is 0 Å². The largest absolute Gasteiger partial charge is 0.492 e. The van der Waals surface area contributed by atoms with Crippen LogP contribution in [0.2, 0.25) is 0 Å². The van der Waals surface area contributed by atoms with Crippen LogP contribution in [-0.2, 0) is 6.54 Å². The third kappa shape index (κ3) is 5.91. The maximum atomic E-state index is 12.9. The monoisotopic (exact) mass is 411 g/mol. The summed E-state index contributed by atoms with van der Waals surface area (Å²) in [5.74, 6) is 0.529. The Labute approximate surface area is 173 Å². The molecule has 0 fully saturated rings. The Morgan fingerprint density at radius 3 is 2.37 bits per heavy atom. The molecule has 7 nitrogen and oxygen atoms in total. The summed E-state index contributed by atoms with van der Waals surface area (Å²) in [6.45, 7) is 0.995. The molecule has 0 aliphatic carbocycles. The van der Waals surface area contributed by atoms with Crippen LogP contribution in [0.3, 0.4) is 0 Å². The normalized spacial score (nSPS) is 10.5. The van der Waals surface area contributed by atoms with Gasteiger partial charge in [-0.15, -0.1) is 0 Å². The van der Waals surface area contributed by atoms with Gasteiger partial charge < -0.3 is 14.4 Å². The van der Waals surface area contributed by atoms with Crippen LogP contribution in [-0.4, -0.2) is 47.4 Å². The number of hydrogen-bond donors (Lipinski definition) is 0. The zero-order chi connectivity index (χ0) is 21.3. The summed E-state index contributed by atoms with van der Waals surface area (Å²) in [4.78, 5) is 26.1. The smallest absolute Gasteiger partial charge is 0.274 e. The number of carbonyl (C=O) groups is 1. The number of nitrogens with zero attached hydrogens (tertiary/aromatic N) is 3. The maximum absolute atomic E-state index is 12.9. The molecule has 1 amide bonds. The number of likely N-dealkylation sites (N-methyl/N-ethyl adjacent to an activating group) is 1. The van der Waals surface area contributed by atoms with Gasteiger partial charge in [-0.25, -0.2) is 9.07 Å². The molecule has 8 heteroatoms. The van der Waals surface area contributed by atoms with Crippen LogP contribution in [0.15, 0.2) is 71.5 Å². The lowest BCUT2D eigenvalue weighted by molar-refractivity contribution is 0.0764. The van der Waals surface area contributed by atoms with E-state index in [1.165, 1.54) is 46.0 Å². The first-order valence-corrected chi connectivity index (χ1v) is 9.43. The predicted molar refractivity (Wildman–Crippen MR) is 109 cm³/mol. The predicted octanol–water partition coefficient (Wildman–Crippen LogP) is 2.61. The molecule has 0 unspecified atom stereocenters. The Morgan fingerprint density at radius 2 is 1.63 bits per heavy atom. The first-order valence-electron chi connectivity index (χ1n) is 9.43. The molecule has 0 radical (unpaired) electrons. The molecular formula is C22H22FN3O4. The second-order valence-electron chi connectivity index (χ2n) is 6.47. The molecule has 0 bridgehead atoms. The second-order valence-corrected chi connectivity index (χ2v) is 6.47. The average molecular weight is 411 g/mol. The Morgan fingerprint density at radius 1 is 0.967 bits per heavy atom. The van der Waals surface area contributed by atoms with E-state index in [2.05, 4.69) is 5.10 Å². The van der Waals surface area contributed by atoms with Gasteiger partial charge in [-0.2, -0.15) is 5.10 Å². The van der Waals surface area contributed by atoms with E-state index in [4.69, 9.17) is 9.47 Å². The zero-order valence-corrected chi connectivity index (χ0v) is 16.5. The Bertz CT molecular complexity index is 1020. The van der Waals surface area contributed by atoms with Gasteiger partial charge in [-0.3, -0.25) is 9.59 Å². The fourth-order valence-corrected chi connectivity index (χ4v) is 2.62. The van der Waals surface area contributed by atoms with Crippen molar-refractivity contribution in [1.82, 2.24) is 14.7 Å². The Balaban J connectivity index is 1.53. The zero-order valence-electron chi connectivity index (χ0n) is 16.5. The van der Waals surface area contributed by atoms with E-state index in [0.29, 0.717) is 18.0 Å². The van der Waals surface area contributed by atoms with E-state index in [1.807, 2.05) is 30.3 Å². The summed E-state index contributed by atoms with van der Waals surface area (Å²) in [6.07, 6.45) is 0. The molecule has 0 aliphatic rings. The van der Waals surface area contributed by atoms with E-state index in [0.717, 1.165) is 0 Å². The summed E-state index contributed by atoms with van der Waals surface area (Å²) < 4.78 is 25.2. The van der Waals surface area contributed by atoms with Crippen molar-refractivity contribution >= 4 is 5.91 Å². The third-order valence-electron chi connectivity index (χ3n) is 4.26. The fraction of sp³-hybridized carbons (Fsp3) is 0.227. The fourth-order valence-electron chi connectivity index (χ4n) is 2.62. The molecule has 3 rings (SSSR count). The lowest BCUT2D eigenvalue weighted by Crippen LogP contribution is -2.34. The number of halogens is 1. The summed E-state index contributed by atoms with van der Waals surface area (Å²) in [6, 6.07) is 17.6. The number of hydrogen-bond acceptors (Lipinski definition) is 5. The summed E-state index contributed by atoms with van der Waals surface area (Å²) in [5.41, 5.74) is -0.163. The molecule has 3 aromatic rings. The molecule has 0 N–H and O–H groups in total. The minimum Gasteiger partial charge on any atom is -0.492 e. The van der Waals surface area contributed by atoms with Crippen molar-refractivity contribution in [3.8, 4) is 11.5 Å². The van der Waals surface area contributed by atoms with Crippen molar-refractivity contribution in [2.45, 2.75) is 6.54 Å². The van der Waals surface area contributed by atoms with Crippen LogP contribution in [0, 0.1) is 5.82 Å². The number of carbonyl (C=O) groups excluding carboxylic acids is 1. The van der Waals surface area contributed by atoms with Crippen LogP contribution in [0.25, 0.3) is 0 Å². The molecule has 0 spiro atoms. The highest BCUT2D eigenvalue weighted by atomic mass is 19.1. The van der Waals surface area contributed by atoms with Crippen molar-refractivity contribution in [3.05, 3.63) is 88.6 Å². The molecule has 0 aliphatic heterocycles. The minimum atomic E-state index is -0.343. The highest BCUT2D eigenvalue weighted by molar-refractivity contribution is 5.91. The van der Waals surface area contributed by atoms with Gasteiger partial charge >= 0.3 is 0 Å². The van der Waals surface area contributed by atoms with Gasteiger partial charge in [0.2, 0.25) is 0 Å². The number of para-hydroxylation sites is 1. The minimum absolute atomic E-state index is 0.151. The van der Waals surface area contributed by atoms with Crippen LogP contribution in [0.5, 0.6) is 11.5 Å². The SMILES string of the molecule is CN(CCOc1ccc(F)cc1)C(=O)c1ccc(=O)n(CCOc2ccccc2)n1. The Hall–Kier alpha value is -3.68. The van der Waals surface area contributed by atoms with Crippen LogP contribution in [0.4, 0.5) is 4.39 Å². The number of benzene rings is 2. The lowest BCUT2D eigenvalue weighted by atomic mass is 10.3. The number of ether oxygens (including phenoxy) is 2. The summed E-state index contributed by atoms with van der Waals surface area (Å²) >= 11 is 0. The van der Waals surface area contributed by atoms with Crippen molar-refractivity contribution in [1.29, 1.82) is 0 Å². The Kier molecular flexibility index (Phi) is 7.15. The van der Waals surface area contributed by atoms with Gasteiger partial charge in [-0.1, -0.05) is 18.2 Å². The molecule has 1 heterocycles. The molecule has 1 aromatic heterocycles. The van der Waals surface area contributed by atoms with E-state index < -0.39 is 0 Å². The highest BCUT2D eigenvalue weighted by Crippen LogP contribution is 2.11. The second kappa shape index (κ2) is 10.2. The average Bonchev–Trinajstić information content (AvgIpc) is 2.76. The summed E-state index contributed by atoms with van der Waals surface area (Å²) in [5, 5.41) is 4.15. The van der Waals surface area contributed by atoms with E-state index >= 15 is 0 Å². The lowest BCUT2D eigenvalue weighted by Gasteiger charge is -2.17. The third-order valence-corrected chi connectivity index (χ3v) is 4.26. The van der Waals surface area contributed by atoms with Gasteiger partial charge in [0.05, 0.1) is 13.1 Å². The van der Waals surface area contributed by atoms with Crippen molar-refractivity contribution in [2.75, 3.05) is 26.8 Å². The van der Waals surface area contributed by atoms with Gasteiger partial charge in [0.1, 0.15) is 36.2 Å². The molecule has 30 heavy (non-hydrogen) atoms. The van der Waals surface area contributed by atoms with Crippen molar-refractivity contribution in [3.63, 3.8) is 0 Å². The summed E-state index contributed by atoms with van der Waals surface area (Å²) in [7, 11) is 1.62. The quantitative estimate of drug-likeness (QED) is 0.541. The van der Waals surface area contributed by atoms with Crippen molar-refractivity contribution in [2.24, 2.45) is 0 Å². The maximum Gasteiger partial charge on any atom is 0.274 e. The number of aromatic nitrogens is 2. The van der Waals surface area contributed by atoms with Crippen LogP contribution in [0.1, 0.15) is 10.5 Å². The first-order chi connectivity index (χ1) is 14.5. The van der Waals surface area contributed by atoms with Gasteiger partial charge in [0.25, 0.3) is 11.5 Å². The molecule has 0 saturated heterocycles. The number of rotatable bonds is 9. The molecule has 156 valence electrons. The van der Waals surface area contributed by atoms with Crippen molar-refractivity contribution < 1.29 is 18.7 Å². The molecule has 0 atom stereocenters. The van der Waals surface area contributed by atoms with Crippen LogP contribution >= 0.6 is 0 Å². The number of amides is 1. The molecule has 0 saturated carbocycles.